The molecule has 1 N–H and O–H groups in total. The molecule has 0 spiro atoms. The van der Waals surface area contributed by atoms with Crippen molar-refractivity contribution in [2.75, 3.05) is 7.11 Å². The van der Waals surface area contributed by atoms with E-state index in [1.54, 1.807) is 31.2 Å². The van der Waals surface area contributed by atoms with Crippen LogP contribution in [0.5, 0.6) is 0 Å². The standard InChI is InChI=1S/C13H14O4/c1-9-10(6-4-8-12(14)15)5-3-7-11(9)13(16)17-2/h3-7H,8H2,1-2H3,(H,14,15). The second kappa shape index (κ2) is 5.84. The summed E-state index contributed by atoms with van der Waals surface area (Å²) >= 11 is 0. The van der Waals surface area contributed by atoms with Gasteiger partial charge in [-0.15, -0.1) is 0 Å². The first-order valence-electron chi connectivity index (χ1n) is 5.12. The lowest BCUT2D eigenvalue weighted by molar-refractivity contribution is -0.135. The van der Waals surface area contributed by atoms with E-state index in [1.807, 2.05) is 6.07 Å². The van der Waals surface area contributed by atoms with Crippen molar-refractivity contribution in [2.24, 2.45) is 0 Å². The molecule has 0 aliphatic heterocycles. The van der Waals surface area contributed by atoms with Gasteiger partial charge >= 0.3 is 11.9 Å². The minimum absolute atomic E-state index is 0.0398. The van der Waals surface area contributed by atoms with E-state index in [-0.39, 0.29) is 6.42 Å². The van der Waals surface area contributed by atoms with Crippen molar-refractivity contribution in [3.63, 3.8) is 0 Å². The van der Waals surface area contributed by atoms with Crippen LogP contribution in [0.25, 0.3) is 6.08 Å². The maximum Gasteiger partial charge on any atom is 0.338 e. The zero-order valence-electron chi connectivity index (χ0n) is 9.77. The van der Waals surface area contributed by atoms with Gasteiger partial charge in [-0.05, 0) is 24.1 Å². The molecule has 1 aromatic carbocycles. The smallest absolute Gasteiger partial charge is 0.338 e. The highest BCUT2D eigenvalue weighted by Gasteiger charge is 2.10. The molecule has 17 heavy (non-hydrogen) atoms. The molecule has 4 nitrogen and oxygen atoms in total. The lowest BCUT2D eigenvalue weighted by atomic mass is 10.0. The van der Waals surface area contributed by atoms with Gasteiger partial charge in [-0.1, -0.05) is 24.3 Å². The predicted molar refractivity (Wildman–Crippen MR) is 63.8 cm³/mol. The first-order chi connectivity index (χ1) is 8.06. The monoisotopic (exact) mass is 234 g/mol. The number of methoxy groups -OCH3 is 1. The number of esters is 1. The molecule has 0 atom stereocenters. The van der Waals surface area contributed by atoms with E-state index < -0.39 is 11.9 Å². The minimum Gasteiger partial charge on any atom is -0.481 e. The third-order valence-electron chi connectivity index (χ3n) is 2.37. The van der Waals surface area contributed by atoms with Crippen LogP contribution in [0, 0.1) is 6.92 Å². The lowest BCUT2D eigenvalue weighted by Crippen LogP contribution is -2.04. The average molecular weight is 234 g/mol. The molecule has 0 aliphatic rings. The largest absolute Gasteiger partial charge is 0.481 e. The SMILES string of the molecule is COC(=O)c1cccc(C=CCC(=O)O)c1C. The van der Waals surface area contributed by atoms with Gasteiger partial charge in [-0.25, -0.2) is 4.79 Å². The van der Waals surface area contributed by atoms with Gasteiger partial charge in [0.1, 0.15) is 0 Å². The van der Waals surface area contributed by atoms with E-state index in [4.69, 9.17) is 5.11 Å². The fraction of sp³-hybridized carbons (Fsp3) is 0.231. The summed E-state index contributed by atoms with van der Waals surface area (Å²) in [7, 11) is 1.33. The van der Waals surface area contributed by atoms with E-state index in [9.17, 15) is 9.59 Å². The second-order valence-electron chi connectivity index (χ2n) is 3.51. The number of carboxylic acids is 1. The van der Waals surface area contributed by atoms with Gasteiger partial charge in [0.15, 0.2) is 0 Å². The molecule has 1 rings (SSSR count). The van der Waals surface area contributed by atoms with Gasteiger partial charge in [-0.2, -0.15) is 0 Å². The quantitative estimate of drug-likeness (QED) is 0.812. The summed E-state index contributed by atoms with van der Waals surface area (Å²) in [6, 6.07) is 5.23. The molecule has 0 unspecified atom stereocenters. The van der Waals surface area contributed by atoms with Crippen LogP contribution in [0.2, 0.25) is 0 Å². The third kappa shape index (κ3) is 3.45. The number of hydrogen-bond donors (Lipinski definition) is 1. The van der Waals surface area contributed by atoms with Crippen LogP contribution < -0.4 is 0 Å². The Kier molecular flexibility index (Phi) is 4.46. The number of benzene rings is 1. The molecule has 0 fully saturated rings. The molecule has 90 valence electrons. The molecule has 1 aromatic rings. The number of carbonyl (C=O) groups is 2. The number of rotatable bonds is 4. The summed E-state index contributed by atoms with van der Waals surface area (Å²) in [6.45, 7) is 1.80. The zero-order chi connectivity index (χ0) is 12.8. The fourth-order valence-electron chi connectivity index (χ4n) is 1.45. The van der Waals surface area contributed by atoms with Crippen molar-refractivity contribution in [1.29, 1.82) is 0 Å². The summed E-state index contributed by atoms with van der Waals surface area (Å²) in [5.74, 6) is -1.28. The molecule has 0 amide bonds. The highest BCUT2D eigenvalue weighted by Crippen LogP contribution is 2.16. The average Bonchev–Trinajstić information content (AvgIpc) is 2.30. The molecular weight excluding hydrogens is 220 g/mol. The Bertz CT molecular complexity index is 460. The Morgan fingerprint density at radius 2 is 2.12 bits per heavy atom. The van der Waals surface area contributed by atoms with Crippen molar-refractivity contribution in [3.05, 3.63) is 41.0 Å². The van der Waals surface area contributed by atoms with Crippen LogP contribution in [-0.2, 0) is 9.53 Å². The first kappa shape index (κ1) is 13.0. The van der Waals surface area contributed by atoms with Crippen LogP contribution in [-0.4, -0.2) is 24.2 Å². The molecule has 0 saturated heterocycles. The highest BCUT2D eigenvalue weighted by atomic mass is 16.5. The maximum absolute atomic E-state index is 11.4. The molecule has 0 aromatic heterocycles. The summed E-state index contributed by atoms with van der Waals surface area (Å²) < 4.78 is 4.66. The molecule has 0 bridgehead atoms. The van der Waals surface area contributed by atoms with Gasteiger partial charge in [-0.3, -0.25) is 4.79 Å². The van der Waals surface area contributed by atoms with E-state index in [0.29, 0.717) is 5.56 Å². The van der Waals surface area contributed by atoms with E-state index in [1.165, 1.54) is 7.11 Å². The molecule has 0 saturated carbocycles. The predicted octanol–water partition coefficient (Wildman–Crippen LogP) is 2.27. The topological polar surface area (TPSA) is 63.6 Å². The molecule has 0 heterocycles. The number of hydrogen-bond acceptors (Lipinski definition) is 3. The zero-order valence-corrected chi connectivity index (χ0v) is 9.77. The lowest BCUT2D eigenvalue weighted by Gasteiger charge is -2.06. The highest BCUT2D eigenvalue weighted by molar-refractivity contribution is 5.92. The Morgan fingerprint density at radius 3 is 2.71 bits per heavy atom. The van der Waals surface area contributed by atoms with Crippen molar-refractivity contribution < 1.29 is 19.4 Å². The number of carbonyl (C=O) groups excluding carboxylic acids is 1. The number of ether oxygens (including phenoxy) is 1. The summed E-state index contributed by atoms with van der Waals surface area (Å²) in [5.41, 5.74) is 2.08. The molecular formula is C13H14O4. The number of aliphatic carboxylic acids is 1. The fourth-order valence-corrected chi connectivity index (χ4v) is 1.45. The molecule has 4 heteroatoms. The van der Waals surface area contributed by atoms with Gasteiger partial charge in [0.25, 0.3) is 0 Å². The van der Waals surface area contributed by atoms with Crippen LogP contribution in [0.1, 0.15) is 27.9 Å². The Balaban J connectivity index is 2.98. The van der Waals surface area contributed by atoms with Crippen molar-refractivity contribution in [1.82, 2.24) is 0 Å². The maximum atomic E-state index is 11.4. The Labute approximate surface area is 99.5 Å². The number of carboxylic acid groups (broad SMARTS) is 1. The van der Waals surface area contributed by atoms with E-state index >= 15 is 0 Å². The summed E-state index contributed by atoms with van der Waals surface area (Å²) in [6.07, 6.45) is 3.20. The van der Waals surface area contributed by atoms with Gasteiger partial charge in [0.05, 0.1) is 19.1 Å². The minimum atomic E-state index is -0.886. The van der Waals surface area contributed by atoms with Crippen molar-refractivity contribution in [2.45, 2.75) is 13.3 Å². The molecule has 0 radical (unpaired) electrons. The Hall–Kier alpha value is -2.10. The molecule has 0 aliphatic carbocycles. The summed E-state index contributed by atoms with van der Waals surface area (Å²) in [4.78, 5) is 21.8. The van der Waals surface area contributed by atoms with Gasteiger partial charge in [0.2, 0.25) is 0 Å². The van der Waals surface area contributed by atoms with E-state index in [0.717, 1.165) is 11.1 Å². The van der Waals surface area contributed by atoms with Gasteiger partial charge in [0, 0.05) is 0 Å². The van der Waals surface area contributed by atoms with Gasteiger partial charge < -0.3 is 9.84 Å². The van der Waals surface area contributed by atoms with Crippen molar-refractivity contribution in [3.8, 4) is 0 Å². The normalized spacial score (nSPS) is 10.5. The van der Waals surface area contributed by atoms with Crippen LogP contribution in [0.15, 0.2) is 24.3 Å². The van der Waals surface area contributed by atoms with E-state index in [2.05, 4.69) is 4.74 Å². The Morgan fingerprint density at radius 1 is 1.41 bits per heavy atom. The van der Waals surface area contributed by atoms with Crippen LogP contribution in [0.4, 0.5) is 0 Å². The van der Waals surface area contributed by atoms with Crippen LogP contribution >= 0.6 is 0 Å². The first-order valence-corrected chi connectivity index (χ1v) is 5.12. The summed E-state index contributed by atoms with van der Waals surface area (Å²) in [5, 5.41) is 8.52. The van der Waals surface area contributed by atoms with Crippen molar-refractivity contribution >= 4 is 18.0 Å². The van der Waals surface area contributed by atoms with Crippen LogP contribution in [0.3, 0.4) is 0 Å². The second-order valence-corrected chi connectivity index (χ2v) is 3.51. The third-order valence-corrected chi connectivity index (χ3v) is 2.37.